The lowest BCUT2D eigenvalue weighted by Gasteiger charge is -2.32. The second-order valence-electron chi connectivity index (χ2n) is 9.59. The summed E-state index contributed by atoms with van der Waals surface area (Å²) in [7, 11) is 1.56. The normalized spacial score (nSPS) is 11.9. The number of rotatable bonds is 16. The minimum Gasteiger partial charge on any atom is -0.493 e. The van der Waals surface area contributed by atoms with Gasteiger partial charge in [0.05, 0.1) is 19.2 Å². The van der Waals surface area contributed by atoms with E-state index in [9.17, 15) is 9.59 Å². The fourth-order valence-corrected chi connectivity index (χ4v) is 4.31. The standard InChI is InChI=1S/C29H41N5O5/c1-6-38-18-10-17-33(27(35)20-34-24-12-9-8-11-23(24)31-32-34)28(29(36)30-16-15-21(3)4)22-13-14-25(39-7-2)26(19-22)37-5/h8-9,11-14,19,21,28H,6-7,10,15-18,20H2,1-5H3,(H,30,36)/t28-/m1/s1. The molecule has 10 nitrogen and oxygen atoms in total. The van der Waals surface area contributed by atoms with Gasteiger partial charge in [-0.05, 0) is 62.4 Å². The molecule has 0 saturated heterocycles. The SMILES string of the molecule is CCOCCCN(C(=O)Cn1nnc2ccccc21)[C@@H](C(=O)NCCC(C)C)c1ccc(OCC)c(OC)c1. The number of methoxy groups -OCH3 is 1. The van der Waals surface area contributed by atoms with Crippen LogP contribution in [0.2, 0.25) is 0 Å². The summed E-state index contributed by atoms with van der Waals surface area (Å²) in [4.78, 5) is 29.3. The van der Waals surface area contributed by atoms with Crippen LogP contribution in [0.3, 0.4) is 0 Å². The van der Waals surface area contributed by atoms with Gasteiger partial charge in [-0.2, -0.15) is 0 Å². The molecule has 0 aliphatic heterocycles. The number of aromatic nitrogens is 3. The number of nitrogens with zero attached hydrogens (tertiary/aromatic N) is 4. The van der Waals surface area contributed by atoms with Crippen molar-refractivity contribution >= 4 is 22.8 Å². The Morgan fingerprint density at radius 3 is 2.59 bits per heavy atom. The van der Waals surface area contributed by atoms with E-state index in [1.807, 2.05) is 44.2 Å². The van der Waals surface area contributed by atoms with Gasteiger partial charge in [-0.15, -0.1) is 5.10 Å². The smallest absolute Gasteiger partial charge is 0.247 e. The van der Waals surface area contributed by atoms with Gasteiger partial charge in [-0.3, -0.25) is 9.59 Å². The third-order valence-electron chi connectivity index (χ3n) is 6.30. The number of carbonyl (C=O) groups excluding carboxylic acids is 2. The van der Waals surface area contributed by atoms with Gasteiger partial charge in [-0.1, -0.05) is 37.3 Å². The Labute approximate surface area is 230 Å². The molecule has 0 saturated carbocycles. The summed E-state index contributed by atoms with van der Waals surface area (Å²) in [5.74, 6) is 0.997. The second kappa shape index (κ2) is 15.1. The van der Waals surface area contributed by atoms with Crippen LogP contribution in [0.25, 0.3) is 11.0 Å². The van der Waals surface area contributed by atoms with Crippen LogP contribution in [-0.2, 0) is 20.9 Å². The van der Waals surface area contributed by atoms with Crippen molar-refractivity contribution in [1.29, 1.82) is 0 Å². The topological polar surface area (TPSA) is 108 Å². The summed E-state index contributed by atoms with van der Waals surface area (Å²) >= 11 is 0. The fourth-order valence-electron chi connectivity index (χ4n) is 4.31. The zero-order chi connectivity index (χ0) is 28.2. The largest absolute Gasteiger partial charge is 0.493 e. The van der Waals surface area contributed by atoms with Crippen LogP contribution in [-0.4, -0.2) is 71.7 Å². The average molecular weight is 540 g/mol. The number of hydrogen-bond acceptors (Lipinski definition) is 7. The molecular formula is C29H41N5O5. The van der Waals surface area contributed by atoms with E-state index in [1.165, 1.54) is 0 Å². The Balaban J connectivity index is 1.99. The maximum absolute atomic E-state index is 13.9. The van der Waals surface area contributed by atoms with Crippen molar-refractivity contribution in [3.05, 3.63) is 48.0 Å². The molecule has 10 heteroatoms. The first-order chi connectivity index (χ1) is 18.9. The molecule has 0 radical (unpaired) electrons. The van der Waals surface area contributed by atoms with Crippen molar-refractivity contribution in [1.82, 2.24) is 25.2 Å². The van der Waals surface area contributed by atoms with Crippen molar-refractivity contribution in [3.8, 4) is 11.5 Å². The predicted molar refractivity (Wildman–Crippen MR) is 150 cm³/mol. The first-order valence-corrected chi connectivity index (χ1v) is 13.6. The van der Waals surface area contributed by atoms with Crippen LogP contribution < -0.4 is 14.8 Å². The summed E-state index contributed by atoms with van der Waals surface area (Å²) in [6, 6.07) is 11.9. The van der Waals surface area contributed by atoms with Crippen molar-refractivity contribution < 1.29 is 23.8 Å². The number of nitrogens with one attached hydrogen (secondary N) is 1. The van der Waals surface area contributed by atoms with Gasteiger partial charge >= 0.3 is 0 Å². The molecular weight excluding hydrogens is 498 g/mol. The molecule has 0 fully saturated rings. The fraction of sp³-hybridized carbons (Fsp3) is 0.517. The molecule has 0 spiro atoms. The molecule has 39 heavy (non-hydrogen) atoms. The maximum Gasteiger partial charge on any atom is 0.247 e. The van der Waals surface area contributed by atoms with Crippen molar-refractivity contribution in [3.63, 3.8) is 0 Å². The predicted octanol–water partition coefficient (Wildman–Crippen LogP) is 4.00. The zero-order valence-electron chi connectivity index (χ0n) is 23.7. The van der Waals surface area contributed by atoms with E-state index in [0.29, 0.717) is 67.8 Å². The molecule has 2 aromatic carbocycles. The Kier molecular flexibility index (Phi) is 11.5. The average Bonchev–Trinajstić information content (AvgIpc) is 3.33. The highest BCUT2D eigenvalue weighted by molar-refractivity contribution is 5.89. The van der Waals surface area contributed by atoms with E-state index in [2.05, 4.69) is 29.5 Å². The van der Waals surface area contributed by atoms with Gasteiger partial charge in [0, 0.05) is 26.3 Å². The quantitative estimate of drug-likeness (QED) is 0.274. The third-order valence-corrected chi connectivity index (χ3v) is 6.30. The van der Waals surface area contributed by atoms with Gasteiger partial charge < -0.3 is 24.4 Å². The number of fused-ring (bicyclic) bond motifs is 1. The van der Waals surface area contributed by atoms with Gasteiger partial charge in [-0.25, -0.2) is 4.68 Å². The molecule has 0 bridgehead atoms. The summed E-state index contributed by atoms with van der Waals surface area (Å²) in [5, 5.41) is 11.4. The summed E-state index contributed by atoms with van der Waals surface area (Å²) < 4.78 is 18.4. The van der Waals surface area contributed by atoms with Crippen molar-refractivity contribution in [2.45, 2.75) is 53.1 Å². The van der Waals surface area contributed by atoms with Crippen molar-refractivity contribution in [2.24, 2.45) is 5.92 Å². The van der Waals surface area contributed by atoms with Crippen LogP contribution >= 0.6 is 0 Å². The lowest BCUT2D eigenvalue weighted by molar-refractivity contribution is -0.141. The monoisotopic (exact) mass is 539 g/mol. The Hall–Kier alpha value is -3.66. The highest BCUT2D eigenvalue weighted by Crippen LogP contribution is 2.33. The lowest BCUT2D eigenvalue weighted by atomic mass is 10.0. The maximum atomic E-state index is 13.9. The minimum absolute atomic E-state index is 0.0565. The van der Waals surface area contributed by atoms with E-state index in [4.69, 9.17) is 14.2 Å². The van der Waals surface area contributed by atoms with Gasteiger partial charge in [0.15, 0.2) is 11.5 Å². The number of hydrogen-bond donors (Lipinski definition) is 1. The first kappa shape index (κ1) is 29.9. The van der Waals surface area contributed by atoms with Crippen LogP contribution in [0.5, 0.6) is 11.5 Å². The molecule has 0 aliphatic rings. The number of carbonyl (C=O) groups is 2. The summed E-state index contributed by atoms with van der Waals surface area (Å²) in [6.45, 7) is 10.3. The molecule has 3 aromatic rings. The molecule has 2 amide bonds. The molecule has 1 aromatic heterocycles. The molecule has 3 rings (SSSR count). The van der Waals surface area contributed by atoms with Crippen LogP contribution in [0.1, 0.15) is 52.1 Å². The highest BCUT2D eigenvalue weighted by Gasteiger charge is 2.32. The Morgan fingerprint density at radius 1 is 1.08 bits per heavy atom. The van der Waals surface area contributed by atoms with Gasteiger partial charge in [0.25, 0.3) is 0 Å². The summed E-state index contributed by atoms with van der Waals surface area (Å²) in [6.07, 6.45) is 1.40. The number of benzene rings is 2. The van der Waals surface area contributed by atoms with Gasteiger partial charge in [0.1, 0.15) is 18.1 Å². The Bertz CT molecular complexity index is 1210. The summed E-state index contributed by atoms with van der Waals surface area (Å²) in [5.41, 5.74) is 2.08. The first-order valence-electron chi connectivity index (χ1n) is 13.6. The van der Waals surface area contributed by atoms with Gasteiger partial charge in [0.2, 0.25) is 11.8 Å². The second-order valence-corrected chi connectivity index (χ2v) is 9.59. The molecule has 212 valence electrons. The third kappa shape index (κ3) is 8.16. The minimum atomic E-state index is -0.884. The number of amides is 2. The lowest BCUT2D eigenvalue weighted by Crippen LogP contribution is -2.46. The van der Waals surface area contributed by atoms with E-state index < -0.39 is 6.04 Å². The molecule has 0 unspecified atom stereocenters. The van der Waals surface area contributed by atoms with Crippen LogP contribution in [0.15, 0.2) is 42.5 Å². The molecule has 1 N–H and O–H groups in total. The molecule has 1 atom stereocenters. The van der Waals surface area contributed by atoms with E-state index in [-0.39, 0.29) is 18.4 Å². The van der Waals surface area contributed by atoms with E-state index in [0.717, 1.165) is 11.9 Å². The highest BCUT2D eigenvalue weighted by atomic mass is 16.5. The Morgan fingerprint density at radius 2 is 1.87 bits per heavy atom. The molecule has 1 heterocycles. The van der Waals surface area contributed by atoms with Crippen LogP contribution in [0, 0.1) is 5.92 Å². The van der Waals surface area contributed by atoms with Crippen molar-refractivity contribution in [2.75, 3.05) is 40.0 Å². The van der Waals surface area contributed by atoms with Crippen LogP contribution in [0.4, 0.5) is 0 Å². The molecule has 0 aliphatic carbocycles. The number of ether oxygens (including phenoxy) is 3. The van der Waals surface area contributed by atoms with E-state index in [1.54, 1.807) is 28.8 Å². The van der Waals surface area contributed by atoms with E-state index >= 15 is 0 Å². The zero-order valence-corrected chi connectivity index (χ0v) is 23.7. The number of para-hydroxylation sites is 1.